The van der Waals surface area contributed by atoms with Crippen LogP contribution in [-0.4, -0.2) is 0 Å². The molecule has 13 heavy (non-hydrogen) atoms. The van der Waals surface area contributed by atoms with Gasteiger partial charge in [0.2, 0.25) is 0 Å². The first-order chi connectivity index (χ1) is 5.76. The van der Waals surface area contributed by atoms with Gasteiger partial charge in [0.05, 0.1) is 0 Å². The fourth-order valence-electron chi connectivity index (χ4n) is 2.12. The quantitative estimate of drug-likeness (QED) is 0.517. The predicted molar refractivity (Wildman–Crippen MR) is 59.7 cm³/mol. The molecule has 0 radical (unpaired) electrons. The summed E-state index contributed by atoms with van der Waals surface area (Å²) in [5.41, 5.74) is 7.09. The van der Waals surface area contributed by atoms with E-state index in [0.717, 1.165) is 0 Å². The molecule has 0 saturated heterocycles. The van der Waals surface area contributed by atoms with Crippen molar-refractivity contribution in [2.45, 2.75) is 41.5 Å². The van der Waals surface area contributed by atoms with Crippen LogP contribution in [0.15, 0.2) is 34.4 Å². The normalized spacial score (nSPS) is 19.1. The third-order valence-corrected chi connectivity index (χ3v) is 3.00. The standard InChI is InChI=1S/C13H20/c1-8-9(2)11(4)12(10(8)3)13(5,6)7/h3H2,1-2,4-7H3. The molecule has 1 rings (SSSR count). The van der Waals surface area contributed by atoms with Gasteiger partial charge in [-0.1, -0.05) is 27.4 Å². The van der Waals surface area contributed by atoms with Crippen LogP contribution in [0.1, 0.15) is 41.5 Å². The lowest BCUT2D eigenvalue weighted by molar-refractivity contribution is 0.510. The van der Waals surface area contributed by atoms with E-state index in [1.165, 1.54) is 27.9 Å². The van der Waals surface area contributed by atoms with Crippen LogP contribution in [0.5, 0.6) is 0 Å². The molecule has 0 saturated carbocycles. The highest BCUT2D eigenvalue weighted by atomic mass is 14.3. The average molecular weight is 176 g/mol. The molecule has 0 aromatic carbocycles. The Hall–Kier alpha value is -0.780. The second-order valence-electron chi connectivity index (χ2n) is 4.98. The highest BCUT2D eigenvalue weighted by Crippen LogP contribution is 2.44. The minimum atomic E-state index is 0.222. The fraction of sp³-hybridized carbons (Fsp3) is 0.538. The molecule has 0 heterocycles. The van der Waals surface area contributed by atoms with Gasteiger partial charge in [0.15, 0.2) is 0 Å². The zero-order valence-electron chi connectivity index (χ0n) is 9.71. The maximum atomic E-state index is 4.17. The first-order valence-electron chi connectivity index (χ1n) is 4.85. The van der Waals surface area contributed by atoms with Crippen LogP contribution in [0.3, 0.4) is 0 Å². The molecule has 72 valence electrons. The van der Waals surface area contributed by atoms with Gasteiger partial charge >= 0.3 is 0 Å². The molecule has 0 heteroatoms. The van der Waals surface area contributed by atoms with E-state index in [9.17, 15) is 0 Å². The molecule has 0 bridgehead atoms. The summed E-state index contributed by atoms with van der Waals surface area (Å²) in [6.45, 7) is 17.5. The van der Waals surface area contributed by atoms with Gasteiger partial charge in [-0.15, -0.1) is 0 Å². The van der Waals surface area contributed by atoms with Crippen LogP contribution in [0.4, 0.5) is 0 Å². The molecule has 0 spiro atoms. The Labute approximate surface area is 82.0 Å². The molecule has 1 aliphatic carbocycles. The minimum Gasteiger partial charge on any atom is -0.0912 e. The van der Waals surface area contributed by atoms with Crippen LogP contribution in [0, 0.1) is 5.41 Å². The topological polar surface area (TPSA) is 0 Å². The Kier molecular flexibility index (Phi) is 2.27. The maximum Gasteiger partial charge on any atom is -0.0123 e. The summed E-state index contributed by atoms with van der Waals surface area (Å²) in [6.07, 6.45) is 0. The van der Waals surface area contributed by atoms with Gasteiger partial charge in [-0.2, -0.15) is 0 Å². The van der Waals surface area contributed by atoms with Crippen molar-refractivity contribution in [1.82, 2.24) is 0 Å². The van der Waals surface area contributed by atoms with Crippen molar-refractivity contribution in [1.29, 1.82) is 0 Å². The summed E-state index contributed by atoms with van der Waals surface area (Å²) in [7, 11) is 0. The van der Waals surface area contributed by atoms with E-state index in [-0.39, 0.29) is 5.41 Å². The first kappa shape index (κ1) is 10.3. The Morgan fingerprint density at radius 1 is 0.846 bits per heavy atom. The number of allylic oxidation sites excluding steroid dienone is 5. The second kappa shape index (κ2) is 2.87. The molecule has 0 amide bonds. The van der Waals surface area contributed by atoms with E-state index in [0.29, 0.717) is 0 Å². The summed E-state index contributed by atoms with van der Waals surface area (Å²) in [5, 5.41) is 0. The summed E-state index contributed by atoms with van der Waals surface area (Å²) in [5.74, 6) is 0. The Balaban J connectivity index is 3.27. The van der Waals surface area contributed by atoms with Crippen molar-refractivity contribution < 1.29 is 0 Å². The van der Waals surface area contributed by atoms with Crippen LogP contribution in [0.25, 0.3) is 0 Å². The Morgan fingerprint density at radius 3 is 1.46 bits per heavy atom. The molecule has 0 aromatic rings. The smallest absolute Gasteiger partial charge is 0.0123 e. The average Bonchev–Trinajstić information content (AvgIpc) is 2.14. The van der Waals surface area contributed by atoms with Crippen LogP contribution in [-0.2, 0) is 0 Å². The van der Waals surface area contributed by atoms with Gasteiger partial charge in [-0.25, -0.2) is 0 Å². The molecule has 0 nitrogen and oxygen atoms in total. The molecular formula is C13H20. The molecule has 0 atom stereocenters. The molecule has 0 N–H and O–H groups in total. The van der Waals surface area contributed by atoms with Crippen LogP contribution in [0.2, 0.25) is 0 Å². The van der Waals surface area contributed by atoms with Gasteiger partial charge in [0.1, 0.15) is 0 Å². The van der Waals surface area contributed by atoms with Crippen molar-refractivity contribution in [2.75, 3.05) is 0 Å². The van der Waals surface area contributed by atoms with Crippen molar-refractivity contribution in [3.05, 3.63) is 34.4 Å². The Morgan fingerprint density at radius 2 is 1.31 bits per heavy atom. The van der Waals surface area contributed by atoms with E-state index in [1.54, 1.807) is 0 Å². The van der Waals surface area contributed by atoms with E-state index in [2.05, 4.69) is 48.1 Å². The van der Waals surface area contributed by atoms with Gasteiger partial charge < -0.3 is 0 Å². The highest BCUT2D eigenvalue weighted by molar-refractivity contribution is 5.62. The third kappa shape index (κ3) is 1.50. The first-order valence-corrected chi connectivity index (χ1v) is 4.85. The third-order valence-electron chi connectivity index (χ3n) is 3.00. The highest BCUT2D eigenvalue weighted by Gasteiger charge is 2.28. The van der Waals surface area contributed by atoms with E-state index in [1.807, 2.05) is 0 Å². The van der Waals surface area contributed by atoms with Crippen molar-refractivity contribution in [2.24, 2.45) is 5.41 Å². The molecular weight excluding hydrogens is 156 g/mol. The molecule has 0 fully saturated rings. The van der Waals surface area contributed by atoms with Gasteiger partial charge in [0, 0.05) is 0 Å². The van der Waals surface area contributed by atoms with E-state index >= 15 is 0 Å². The second-order valence-corrected chi connectivity index (χ2v) is 4.98. The summed E-state index contributed by atoms with van der Waals surface area (Å²) < 4.78 is 0. The lowest BCUT2D eigenvalue weighted by Crippen LogP contribution is -2.10. The number of rotatable bonds is 0. The van der Waals surface area contributed by atoms with Gasteiger partial charge in [-0.3, -0.25) is 0 Å². The molecule has 0 aliphatic heterocycles. The zero-order valence-corrected chi connectivity index (χ0v) is 9.71. The largest absolute Gasteiger partial charge is 0.0912 e. The maximum absolute atomic E-state index is 4.17. The van der Waals surface area contributed by atoms with Crippen molar-refractivity contribution >= 4 is 0 Å². The van der Waals surface area contributed by atoms with E-state index in [4.69, 9.17) is 0 Å². The van der Waals surface area contributed by atoms with Crippen LogP contribution >= 0.6 is 0 Å². The SMILES string of the molecule is C=C1C(C)=C(C)C(C)=C1C(C)(C)C. The predicted octanol–water partition coefficient (Wildman–Crippen LogP) is 4.26. The number of hydrogen-bond acceptors (Lipinski definition) is 0. The van der Waals surface area contributed by atoms with Gasteiger partial charge in [0.25, 0.3) is 0 Å². The molecule has 1 aliphatic rings. The summed E-state index contributed by atoms with van der Waals surface area (Å²) >= 11 is 0. The van der Waals surface area contributed by atoms with E-state index < -0.39 is 0 Å². The van der Waals surface area contributed by atoms with Gasteiger partial charge in [-0.05, 0) is 54.1 Å². The molecule has 0 aromatic heterocycles. The Bertz CT molecular complexity index is 316. The molecule has 0 unspecified atom stereocenters. The lowest BCUT2D eigenvalue weighted by Gasteiger charge is -2.23. The lowest BCUT2D eigenvalue weighted by atomic mass is 9.81. The summed E-state index contributed by atoms with van der Waals surface area (Å²) in [4.78, 5) is 0. The fourth-order valence-corrected chi connectivity index (χ4v) is 2.12. The zero-order chi connectivity index (χ0) is 10.4. The number of hydrogen-bond donors (Lipinski definition) is 0. The minimum absolute atomic E-state index is 0.222. The van der Waals surface area contributed by atoms with Crippen LogP contribution < -0.4 is 0 Å². The van der Waals surface area contributed by atoms with Crippen molar-refractivity contribution in [3.63, 3.8) is 0 Å². The summed E-state index contributed by atoms with van der Waals surface area (Å²) in [6, 6.07) is 0. The monoisotopic (exact) mass is 176 g/mol. The van der Waals surface area contributed by atoms with Crippen molar-refractivity contribution in [3.8, 4) is 0 Å².